The Balaban J connectivity index is 1.93. The van der Waals surface area contributed by atoms with Gasteiger partial charge in [0.05, 0.1) is 24.9 Å². The lowest BCUT2D eigenvalue weighted by Crippen LogP contribution is -2.17. The van der Waals surface area contributed by atoms with Crippen LogP contribution >= 0.6 is 15.9 Å². The Hall–Kier alpha value is -2.34. The van der Waals surface area contributed by atoms with Gasteiger partial charge >= 0.3 is 0 Å². The fourth-order valence-electron chi connectivity index (χ4n) is 2.12. The number of hydrazone groups is 1. The van der Waals surface area contributed by atoms with Crippen LogP contribution in [-0.4, -0.2) is 26.3 Å². The lowest BCUT2D eigenvalue weighted by molar-refractivity contribution is -0.121. The summed E-state index contributed by atoms with van der Waals surface area (Å²) in [6.45, 7) is 0. The molecular formula is C18H19BrN2O3. The first-order valence-electron chi connectivity index (χ1n) is 7.41. The van der Waals surface area contributed by atoms with E-state index in [1.54, 1.807) is 26.5 Å². The molecule has 1 amide bonds. The number of benzene rings is 2. The van der Waals surface area contributed by atoms with E-state index in [0.717, 1.165) is 15.6 Å². The van der Waals surface area contributed by atoms with E-state index < -0.39 is 0 Å². The standard InChI is InChI=1S/C18H19BrN2O3/c1-23-16-11-17(24-2)15(19)10-14(16)12-20-21-18(22)9-8-13-6-4-3-5-7-13/h3-7,10-12H,8-9H2,1-2H3,(H,21,22)/b20-12+. The van der Waals surface area contributed by atoms with Crippen LogP contribution in [0.15, 0.2) is 52.0 Å². The van der Waals surface area contributed by atoms with Crippen LogP contribution in [0.2, 0.25) is 0 Å². The molecule has 0 bridgehead atoms. The van der Waals surface area contributed by atoms with E-state index in [2.05, 4.69) is 26.5 Å². The number of carbonyl (C=O) groups excluding carboxylic acids is 1. The van der Waals surface area contributed by atoms with Gasteiger partial charge in [0.25, 0.3) is 0 Å². The number of nitrogens with one attached hydrogen (secondary N) is 1. The minimum Gasteiger partial charge on any atom is -0.496 e. The van der Waals surface area contributed by atoms with E-state index in [0.29, 0.717) is 24.3 Å². The number of amides is 1. The molecule has 6 heteroatoms. The Morgan fingerprint density at radius 2 is 1.88 bits per heavy atom. The maximum absolute atomic E-state index is 11.8. The predicted molar refractivity (Wildman–Crippen MR) is 97.7 cm³/mol. The van der Waals surface area contributed by atoms with E-state index in [1.165, 1.54) is 0 Å². The van der Waals surface area contributed by atoms with Crippen molar-refractivity contribution in [2.24, 2.45) is 5.10 Å². The number of nitrogens with zero attached hydrogens (tertiary/aromatic N) is 1. The van der Waals surface area contributed by atoms with E-state index in [-0.39, 0.29) is 5.91 Å². The summed E-state index contributed by atoms with van der Waals surface area (Å²) in [6.07, 6.45) is 2.61. The number of ether oxygens (including phenoxy) is 2. The average molecular weight is 391 g/mol. The molecule has 0 radical (unpaired) electrons. The third-order valence-electron chi connectivity index (χ3n) is 3.38. The Bertz CT molecular complexity index is 718. The summed E-state index contributed by atoms with van der Waals surface area (Å²) >= 11 is 3.41. The van der Waals surface area contributed by atoms with Crippen molar-refractivity contribution in [2.75, 3.05) is 14.2 Å². The van der Waals surface area contributed by atoms with Gasteiger partial charge in [-0.3, -0.25) is 4.79 Å². The number of hydrogen-bond donors (Lipinski definition) is 1. The summed E-state index contributed by atoms with van der Waals surface area (Å²) in [7, 11) is 3.15. The quantitative estimate of drug-likeness (QED) is 0.580. The normalized spacial score (nSPS) is 10.6. The van der Waals surface area contributed by atoms with Gasteiger partial charge in [-0.15, -0.1) is 0 Å². The SMILES string of the molecule is COc1cc(OC)c(/C=N/NC(=O)CCc2ccccc2)cc1Br. The summed E-state index contributed by atoms with van der Waals surface area (Å²) in [5, 5.41) is 3.99. The molecule has 0 aliphatic heterocycles. The van der Waals surface area contributed by atoms with Gasteiger partial charge < -0.3 is 9.47 Å². The van der Waals surface area contributed by atoms with Crippen LogP contribution in [0.25, 0.3) is 0 Å². The summed E-state index contributed by atoms with van der Waals surface area (Å²) in [5.41, 5.74) is 4.38. The van der Waals surface area contributed by atoms with Gasteiger partial charge in [-0.25, -0.2) is 5.43 Å². The topological polar surface area (TPSA) is 59.9 Å². The second-order valence-corrected chi connectivity index (χ2v) is 5.86. The Morgan fingerprint density at radius 3 is 2.54 bits per heavy atom. The van der Waals surface area contributed by atoms with Crippen molar-refractivity contribution in [1.82, 2.24) is 5.43 Å². The highest BCUT2D eigenvalue weighted by atomic mass is 79.9. The molecule has 1 N–H and O–H groups in total. The summed E-state index contributed by atoms with van der Waals surface area (Å²) in [5.74, 6) is 1.13. The smallest absolute Gasteiger partial charge is 0.240 e. The maximum Gasteiger partial charge on any atom is 0.240 e. The minimum absolute atomic E-state index is 0.137. The molecule has 24 heavy (non-hydrogen) atoms. The molecule has 0 unspecified atom stereocenters. The molecule has 0 heterocycles. The lowest BCUT2D eigenvalue weighted by atomic mass is 10.1. The molecule has 0 aromatic heterocycles. The molecule has 0 saturated carbocycles. The van der Waals surface area contributed by atoms with Gasteiger partial charge in [-0.2, -0.15) is 5.10 Å². The van der Waals surface area contributed by atoms with E-state index in [1.807, 2.05) is 36.4 Å². The third kappa shape index (κ3) is 5.09. The highest BCUT2D eigenvalue weighted by Gasteiger charge is 2.08. The second kappa shape index (κ2) is 9.08. The Morgan fingerprint density at radius 1 is 1.17 bits per heavy atom. The average Bonchev–Trinajstić information content (AvgIpc) is 2.61. The zero-order chi connectivity index (χ0) is 17.4. The van der Waals surface area contributed by atoms with Crippen LogP contribution in [-0.2, 0) is 11.2 Å². The van der Waals surface area contributed by atoms with Crippen molar-refractivity contribution in [3.63, 3.8) is 0 Å². The molecule has 0 spiro atoms. The molecule has 0 aliphatic rings. The number of halogens is 1. The highest BCUT2D eigenvalue weighted by molar-refractivity contribution is 9.10. The van der Waals surface area contributed by atoms with Crippen LogP contribution in [0.3, 0.4) is 0 Å². The van der Waals surface area contributed by atoms with Gasteiger partial charge in [-0.1, -0.05) is 30.3 Å². The fraction of sp³-hybridized carbons (Fsp3) is 0.222. The second-order valence-electron chi connectivity index (χ2n) is 5.01. The zero-order valence-corrected chi connectivity index (χ0v) is 15.2. The molecule has 0 saturated heterocycles. The van der Waals surface area contributed by atoms with E-state index >= 15 is 0 Å². The van der Waals surface area contributed by atoms with Gasteiger partial charge in [0.15, 0.2) is 0 Å². The molecule has 2 rings (SSSR count). The van der Waals surface area contributed by atoms with Crippen LogP contribution in [0.4, 0.5) is 0 Å². The first-order chi connectivity index (χ1) is 11.6. The summed E-state index contributed by atoms with van der Waals surface area (Å²) in [4.78, 5) is 11.8. The molecule has 2 aromatic carbocycles. The molecule has 0 fully saturated rings. The first kappa shape index (κ1) is 18.0. The van der Waals surface area contributed by atoms with Crippen molar-refractivity contribution in [2.45, 2.75) is 12.8 Å². The molecular weight excluding hydrogens is 372 g/mol. The number of rotatable bonds is 7. The molecule has 0 aliphatic carbocycles. The van der Waals surface area contributed by atoms with E-state index in [9.17, 15) is 4.79 Å². The van der Waals surface area contributed by atoms with Gasteiger partial charge in [-0.05, 0) is 34.0 Å². The molecule has 5 nitrogen and oxygen atoms in total. The Labute approximate surface area is 149 Å². The fourth-order valence-corrected chi connectivity index (χ4v) is 2.64. The molecule has 126 valence electrons. The van der Waals surface area contributed by atoms with Crippen LogP contribution < -0.4 is 14.9 Å². The monoisotopic (exact) mass is 390 g/mol. The largest absolute Gasteiger partial charge is 0.496 e. The van der Waals surface area contributed by atoms with Crippen LogP contribution in [0.1, 0.15) is 17.5 Å². The summed E-state index contributed by atoms with van der Waals surface area (Å²) < 4.78 is 11.3. The predicted octanol–water partition coefficient (Wildman–Crippen LogP) is 3.55. The van der Waals surface area contributed by atoms with Gasteiger partial charge in [0, 0.05) is 18.1 Å². The van der Waals surface area contributed by atoms with E-state index in [4.69, 9.17) is 9.47 Å². The third-order valence-corrected chi connectivity index (χ3v) is 4.00. The van der Waals surface area contributed by atoms with Gasteiger partial charge in [0.1, 0.15) is 11.5 Å². The minimum atomic E-state index is -0.137. The van der Waals surface area contributed by atoms with Gasteiger partial charge in [0.2, 0.25) is 5.91 Å². The van der Waals surface area contributed by atoms with Crippen LogP contribution in [0.5, 0.6) is 11.5 Å². The van der Waals surface area contributed by atoms with Crippen molar-refractivity contribution in [3.8, 4) is 11.5 Å². The number of aryl methyl sites for hydroxylation is 1. The highest BCUT2D eigenvalue weighted by Crippen LogP contribution is 2.31. The van der Waals surface area contributed by atoms with Crippen LogP contribution in [0, 0.1) is 0 Å². The van der Waals surface area contributed by atoms with Crippen molar-refractivity contribution < 1.29 is 14.3 Å². The lowest BCUT2D eigenvalue weighted by Gasteiger charge is -2.09. The van der Waals surface area contributed by atoms with Crippen molar-refractivity contribution >= 4 is 28.1 Å². The molecule has 2 aromatic rings. The number of hydrogen-bond acceptors (Lipinski definition) is 4. The number of carbonyl (C=O) groups is 1. The Kier molecular flexibility index (Phi) is 6.81. The number of methoxy groups -OCH3 is 2. The van der Waals surface area contributed by atoms with Crippen molar-refractivity contribution in [3.05, 3.63) is 58.1 Å². The zero-order valence-electron chi connectivity index (χ0n) is 13.6. The summed E-state index contributed by atoms with van der Waals surface area (Å²) in [6, 6.07) is 13.4. The first-order valence-corrected chi connectivity index (χ1v) is 8.20. The van der Waals surface area contributed by atoms with Crippen molar-refractivity contribution in [1.29, 1.82) is 0 Å². The molecule has 0 atom stereocenters. The maximum atomic E-state index is 11.8.